The molecular weight excluding hydrogens is 767 g/mol. The topological polar surface area (TPSA) is 167 Å². The molecule has 4 atom stereocenters. The lowest BCUT2D eigenvalue weighted by molar-refractivity contribution is -0.201. The maximum atomic E-state index is 14.3. The van der Waals surface area contributed by atoms with Gasteiger partial charge in [0.15, 0.2) is 12.5 Å². The molecule has 3 aliphatic rings. The van der Waals surface area contributed by atoms with Crippen molar-refractivity contribution in [1.29, 1.82) is 0 Å². The molecule has 58 heavy (non-hydrogen) atoms. The number of methoxy groups -OCH3 is 1. The highest BCUT2D eigenvalue weighted by Gasteiger charge is 2.48. The van der Waals surface area contributed by atoms with E-state index in [2.05, 4.69) is 17.2 Å². The van der Waals surface area contributed by atoms with Gasteiger partial charge in [-0.05, 0) is 105 Å². The van der Waals surface area contributed by atoms with Crippen molar-refractivity contribution in [2.45, 2.75) is 70.6 Å². The number of rotatable bonds is 11. The van der Waals surface area contributed by atoms with Crippen molar-refractivity contribution in [2.75, 3.05) is 49.0 Å². The highest BCUT2D eigenvalue weighted by atomic mass is 32.1. The minimum atomic E-state index is -0.980. The third-order valence-electron chi connectivity index (χ3n) is 10.6. The lowest BCUT2D eigenvalue weighted by atomic mass is 9.97. The lowest BCUT2D eigenvalue weighted by Gasteiger charge is -2.44. The van der Waals surface area contributed by atoms with Crippen LogP contribution in [-0.4, -0.2) is 97.4 Å². The van der Waals surface area contributed by atoms with Crippen LogP contribution < -0.4 is 15.5 Å². The number of carbonyl (C=O) groups excluding carboxylic acids is 5. The Kier molecular flexibility index (Phi) is 12.3. The summed E-state index contributed by atoms with van der Waals surface area (Å²) in [5, 5.41) is 6.48. The van der Waals surface area contributed by atoms with Crippen LogP contribution >= 0.6 is 11.3 Å². The number of nitrogens with zero attached hydrogens (tertiary/aromatic N) is 3. The fourth-order valence-corrected chi connectivity index (χ4v) is 8.53. The summed E-state index contributed by atoms with van der Waals surface area (Å²) >= 11 is 1.30. The predicted octanol–water partition coefficient (Wildman–Crippen LogP) is 6.54. The van der Waals surface area contributed by atoms with Gasteiger partial charge in [0, 0.05) is 36.8 Å². The fourth-order valence-electron chi connectivity index (χ4n) is 7.57. The molecule has 2 N–H and O–H groups in total. The zero-order valence-corrected chi connectivity index (χ0v) is 33.7. The van der Waals surface area contributed by atoms with Gasteiger partial charge in [0.25, 0.3) is 11.8 Å². The average Bonchev–Trinajstić information content (AvgIpc) is 3.80. The van der Waals surface area contributed by atoms with E-state index >= 15 is 0 Å². The van der Waals surface area contributed by atoms with Gasteiger partial charge in [-0.15, -0.1) is 11.3 Å². The van der Waals surface area contributed by atoms with Crippen LogP contribution in [0.5, 0.6) is 0 Å². The molecule has 4 amide bonds. The van der Waals surface area contributed by atoms with Crippen molar-refractivity contribution in [3.8, 4) is 0 Å². The largest absolute Gasteiger partial charge is 0.465 e. The van der Waals surface area contributed by atoms with Crippen molar-refractivity contribution in [2.24, 2.45) is 7.05 Å². The molecule has 3 aliphatic heterocycles. The summed E-state index contributed by atoms with van der Waals surface area (Å²) in [4.78, 5) is 70.3. The molecule has 2 unspecified atom stereocenters. The van der Waals surface area contributed by atoms with E-state index in [4.69, 9.17) is 23.7 Å². The van der Waals surface area contributed by atoms with E-state index in [9.17, 15) is 24.0 Å². The SMILES string of the molecule is C=CCOC(=O)N1c2cc(C)c(C)cc2C(=O)N2CC[C@@H](OCC(=O)Nc3cc(C(=O)Nc4ccc5sc(C(=O)OC)cc5c4)n(C)c3)C[C@H]2C1OC1CCCCO1. The number of carbonyl (C=O) groups is 5. The van der Waals surface area contributed by atoms with Crippen LogP contribution in [0.4, 0.5) is 21.9 Å². The minimum absolute atomic E-state index is 0.0366. The molecule has 0 bridgehead atoms. The Morgan fingerprint density at radius 3 is 2.59 bits per heavy atom. The number of ether oxygens (including phenoxy) is 5. The maximum absolute atomic E-state index is 14.3. The number of hydrogen-bond acceptors (Lipinski definition) is 11. The Labute approximate surface area is 339 Å². The molecule has 0 saturated carbocycles. The zero-order valence-electron chi connectivity index (χ0n) is 32.9. The second kappa shape index (κ2) is 17.5. The van der Waals surface area contributed by atoms with Gasteiger partial charge < -0.3 is 43.8 Å². The van der Waals surface area contributed by atoms with E-state index in [1.54, 1.807) is 53.0 Å². The highest BCUT2D eigenvalue weighted by molar-refractivity contribution is 7.20. The van der Waals surface area contributed by atoms with Gasteiger partial charge in [0.2, 0.25) is 5.91 Å². The number of nitrogens with one attached hydrogen (secondary N) is 2. The standard InChI is InChI=1S/C42H47N5O10S/c1-6-14-55-42(52)47-31-17-25(3)24(2)16-30(31)39(50)46-13-12-29(21-33(46)40(47)57-37-9-7-8-15-54-37)56-23-36(48)43-28-20-32(45(4)22-28)38(49)44-27-10-11-34-26(18-27)19-35(58-34)41(51)53-5/h6,10-11,16-20,22,29,33,37,40H,1,7-9,12-15,21,23H2,2-5H3,(H,43,48)(H,44,49)/t29-,33+,37?,40?/m1/s1. The molecular formula is C42H47N5O10S. The van der Waals surface area contributed by atoms with Gasteiger partial charge in [-0.1, -0.05) is 12.7 Å². The number of piperidine rings is 1. The average molecular weight is 814 g/mol. The van der Waals surface area contributed by atoms with Crippen LogP contribution in [0.2, 0.25) is 0 Å². The number of anilines is 3. The molecule has 2 fully saturated rings. The Morgan fingerprint density at radius 2 is 1.83 bits per heavy atom. The number of amides is 4. The van der Waals surface area contributed by atoms with Gasteiger partial charge in [-0.3, -0.25) is 14.4 Å². The first-order valence-corrected chi connectivity index (χ1v) is 20.0. The van der Waals surface area contributed by atoms with Crippen molar-refractivity contribution in [3.05, 3.63) is 88.6 Å². The number of thiophene rings is 1. The fraction of sp³-hybridized carbons (Fsp3) is 0.405. The summed E-state index contributed by atoms with van der Waals surface area (Å²) in [5.41, 5.74) is 3.80. The number of aromatic nitrogens is 1. The molecule has 5 heterocycles. The second-order valence-corrected chi connectivity index (χ2v) is 15.7. The molecule has 7 rings (SSSR count). The smallest absolute Gasteiger partial charge is 0.416 e. The van der Waals surface area contributed by atoms with E-state index < -0.39 is 48.5 Å². The highest BCUT2D eigenvalue weighted by Crippen LogP contribution is 2.39. The van der Waals surface area contributed by atoms with Crippen LogP contribution in [-0.2, 0) is 35.5 Å². The van der Waals surface area contributed by atoms with Crippen molar-refractivity contribution in [3.63, 3.8) is 0 Å². The van der Waals surface area contributed by atoms with Crippen LogP contribution in [0.15, 0.2) is 61.3 Å². The molecule has 0 aliphatic carbocycles. The number of hydrogen-bond donors (Lipinski definition) is 2. The predicted molar refractivity (Wildman–Crippen MR) is 217 cm³/mol. The Morgan fingerprint density at radius 1 is 1.02 bits per heavy atom. The van der Waals surface area contributed by atoms with Gasteiger partial charge in [0.1, 0.15) is 23.8 Å². The normalized spacial score (nSPS) is 20.4. The van der Waals surface area contributed by atoms with Crippen molar-refractivity contribution in [1.82, 2.24) is 9.47 Å². The molecule has 16 heteroatoms. The Hall–Kier alpha value is -5.55. The third-order valence-corrected chi connectivity index (χ3v) is 11.7. The first-order valence-electron chi connectivity index (χ1n) is 19.2. The number of aryl methyl sites for hydroxylation is 3. The summed E-state index contributed by atoms with van der Waals surface area (Å²) in [7, 11) is 3.02. The third kappa shape index (κ3) is 8.65. The van der Waals surface area contributed by atoms with E-state index in [-0.39, 0.29) is 25.5 Å². The van der Waals surface area contributed by atoms with Gasteiger partial charge in [0.05, 0.1) is 36.2 Å². The van der Waals surface area contributed by atoms with E-state index in [0.717, 1.165) is 34.1 Å². The number of benzene rings is 2. The zero-order chi connectivity index (χ0) is 41.1. The minimum Gasteiger partial charge on any atom is -0.465 e. The summed E-state index contributed by atoms with van der Waals surface area (Å²) in [6, 6.07) is 11.6. The van der Waals surface area contributed by atoms with Gasteiger partial charge in [-0.2, -0.15) is 0 Å². The Bertz CT molecular complexity index is 2240. The molecule has 0 spiro atoms. The molecule has 0 radical (unpaired) electrons. The summed E-state index contributed by atoms with van der Waals surface area (Å²) in [6.07, 6.45) is 3.50. The maximum Gasteiger partial charge on any atom is 0.416 e. The molecule has 4 aromatic rings. The van der Waals surface area contributed by atoms with Gasteiger partial charge in [-0.25, -0.2) is 14.5 Å². The molecule has 2 aromatic heterocycles. The van der Waals surface area contributed by atoms with Crippen LogP contribution in [0.1, 0.15) is 73.7 Å². The van der Waals surface area contributed by atoms with Crippen molar-refractivity contribution < 1.29 is 47.7 Å². The molecule has 2 saturated heterocycles. The van der Waals surface area contributed by atoms with Gasteiger partial charge >= 0.3 is 12.1 Å². The quantitative estimate of drug-likeness (QED) is 0.126. The van der Waals surface area contributed by atoms with E-state index in [1.165, 1.54) is 29.4 Å². The van der Waals surface area contributed by atoms with E-state index in [1.807, 2.05) is 26.0 Å². The summed E-state index contributed by atoms with van der Waals surface area (Å²) in [5.74, 6) is -1.48. The van der Waals surface area contributed by atoms with Crippen molar-refractivity contribution >= 4 is 68.3 Å². The second-order valence-electron chi connectivity index (χ2n) is 14.6. The summed E-state index contributed by atoms with van der Waals surface area (Å²) < 4.78 is 31.7. The van der Waals surface area contributed by atoms with Crippen LogP contribution in [0.25, 0.3) is 10.1 Å². The number of fused-ring (bicyclic) bond motifs is 3. The first kappa shape index (κ1) is 40.6. The number of esters is 1. The van der Waals surface area contributed by atoms with E-state index in [0.29, 0.717) is 59.2 Å². The monoisotopic (exact) mass is 813 g/mol. The summed E-state index contributed by atoms with van der Waals surface area (Å²) in [6.45, 7) is 8.00. The molecule has 15 nitrogen and oxygen atoms in total. The lowest BCUT2D eigenvalue weighted by Crippen LogP contribution is -2.59. The molecule has 306 valence electrons. The Balaban J connectivity index is 1.04. The molecule has 2 aromatic carbocycles. The van der Waals surface area contributed by atoms with Crippen LogP contribution in [0, 0.1) is 13.8 Å². The van der Waals surface area contributed by atoms with Crippen LogP contribution in [0.3, 0.4) is 0 Å². The first-order chi connectivity index (χ1) is 27.9.